The van der Waals surface area contributed by atoms with Crippen molar-refractivity contribution in [3.63, 3.8) is 0 Å². The van der Waals surface area contributed by atoms with E-state index >= 15 is 0 Å². The van der Waals surface area contributed by atoms with Gasteiger partial charge in [0, 0.05) is 0 Å². The zero-order chi connectivity index (χ0) is 10.3. The van der Waals surface area contributed by atoms with E-state index in [9.17, 15) is 0 Å². The highest BCUT2D eigenvalue weighted by atomic mass is 14.4. The van der Waals surface area contributed by atoms with Gasteiger partial charge < -0.3 is 0 Å². The fraction of sp³-hybridized carbons (Fsp3) is 0.333. The van der Waals surface area contributed by atoms with Crippen LogP contribution in [0.3, 0.4) is 0 Å². The second-order valence-electron chi connectivity index (χ2n) is 4.80. The minimum atomic E-state index is 0.870. The lowest BCUT2D eigenvalue weighted by Gasteiger charge is -2.09. The third-order valence-electron chi connectivity index (χ3n) is 3.48. The number of benzene rings is 1. The molecule has 2 unspecified atom stereocenters. The Bertz CT molecular complexity index is 437. The molecule has 0 radical (unpaired) electrons. The first-order valence-electron chi connectivity index (χ1n) is 5.76. The van der Waals surface area contributed by atoms with E-state index in [-0.39, 0.29) is 0 Å². The van der Waals surface area contributed by atoms with E-state index in [1.165, 1.54) is 17.5 Å². The predicted octanol–water partition coefficient (Wildman–Crippen LogP) is 3.67. The molecule has 1 aromatic rings. The van der Waals surface area contributed by atoms with Gasteiger partial charge in [-0.15, -0.1) is 0 Å². The van der Waals surface area contributed by atoms with Gasteiger partial charge in [-0.1, -0.05) is 53.6 Å². The SMILES string of the molecule is Cc1cccc(CC2=CC=CC3CC23)c1. The van der Waals surface area contributed by atoms with E-state index < -0.39 is 0 Å². The summed E-state index contributed by atoms with van der Waals surface area (Å²) in [5, 5.41) is 0. The molecule has 0 bridgehead atoms. The molecule has 15 heavy (non-hydrogen) atoms. The van der Waals surface area contributed by atoms with Gasteiger partial charge in [-0.2, -0.15) is 0 Å². The molecule has 2 aliphatic rings. The molecule has 0 aromatic heterocycles. The molecule has 3 rings (SSSR count). The summed E-state index contributed by atoms with van der Waals surface area (Å²) in [6.07, 6.45) is 9.43. The fourth-order valence-electron chi connectivity index (χ4n) is 2.55. The molecule has 76 valence electrons. The molecule has 0 nitrogen and oxygen atoms in total. The second kappa shape index (κ2) is 3.37. The summed E-state index contributed by atoms with van der Waals surface area (Å²) in [6.45, 7) is 2.17. The molecule has 1 aromatic carbocycles. The van der Waals surface area contributed by atoms with Gasteiger partial charge in [0.25, 0.3) is 0 Å². The minimum absolute atomic E-state index is 0.870. The maximum Gasteiger partial charge on any atom is -0.00609 e. The Labute approximate surface area is 91.3 Å². The minimum Gasteiger partial charge on any atom is -0.0808 e. The van der Waals surface area contributed by atoms with Gasteiger partial charge in [0.05, 0.1) is 0 Å². The number of fused-ring (bicyclic) bond motifs is 1. The van der Waals surface area contributed by atoms with E-state index in [1.54, 1.807) is 5.57 Å². The van der Waals surface area contributed by atoms with E-state index in [0.29, 0.717) is 0 Å². The van der Waals surface area contributed by atoms with Crippen molar-refractivity contribution in [2.75, 3.05) is 0 Å². The van der Waals surface area contributed by atoms with Crippen LogP contribution in [0.1, 0.15) is 17.5 Å². The third-order valence-corrected chi connectivity index (χ3v) is 3.48. The lowest BCUT2D eigenvalue weighted by atomic mass is 9.96. The van der Waals surface area contributed by atoms with Crippen LogP contribution in [0.25, 0.3) is 0 Å². The molecular weight excluding hydrogens is 180 g/mol. The molecule has 0 N–H and O–H groups in total. The molecule has 0 heterocycles. The van der Waals surface area contributed by atoms with Crippen LogP contribution in [0.4, 0.5) is 0 Å². The number of allylic oxidation sites excluding steroid dienone is 4. The average molecular weight is 196 g/mol. The first-order chi connectivity index (χ1) is 7.33. The summed E-state index contributed by atoms with van der Waals surface area (Å²) in [5.41, 5.74) is 4.46. The zero-order valence-corrected chi connectivity index (χ0v) is 9.11. The lowest BCUT2D eigenvalue weighted by molar-refractivity contribution is 0.864. The van der Waals surface area contributed by atoms with Crippen molar-refractivity contribution >= 4 is 0 Å². The lowest BCUT2D eigenvalue weighted by Crippen LogP contribution is -1.97. The normalized spacial score (nSPS) is 27.1. The molecule has 0 saturated heterocycles. The van der Waals surface area contributed by atoms with Crippen LogP contribution in [0.5, 0.6) is 0 Å². The fourth-order valence-corrected chi connectivity index (χ4v) is 2.55. The Hall–Kier alpha value is -1.30. The van der Waals surface area contributed by atoms with Crippen molar-refractivity contribution in [2.45, 2.75) is 19.8 Å². The Kier molecular flexibility index (Phi) is 2.02. The maximum atomic E-state index is 2.35. The van der Waals surface area contributed by atoms with Gasteiger partial charge in [-0.25, -0.2) is 0 Å². The molecule has 0 amide bonds. The molecule has 2 atom stereocenters. The molecule has 0 spiro atoms. The summed E-state index contributed by atoms with van der Waals surface area (Å²) in [7, 11) is 0. The molecule has 1 saturated carbocycles. The molecule has 0 aliphatic heterocycles. The van der Waals surface area contributed by atoms with E-state index in [1.807, 2.05) is 0 Å². The van der Waals surface area contributed by atoms with Crippen molar-refractivity contribution in [1.82, 2.24) is 0 Å². The van der Waals surface area contributed by atoms with E-state index in [0.717, 1.165) is 18.3 Å². The molecule has 1 fully saturated rings. The molecular formula is C15H16. The summed E-state index contributed by atoms with van der Waals surface area (Å²) in [4.78, 5) is 0. The highest BCUT2D eigenvalue weighted by Crippen LogP contribution is 2.48. The van der Waals surface area contributed by atoms with Crippen LogP contribution in [0, 0.1) is 18.8 Å². The zero-order valence-electron chi connectivity index (χ0n) is 9.11. The van der Waals surface area contributed by atoms with Crippen LogP contribution < -0.4 is 0 Å². The second-order valence-corrected chi connectivity index (χ2v) is 4.80. The van der Waals surface area contributed by atoms with Gasteiger partial charge in [-0.05, 0) is 37.2 Å². The number of rotatable bonds is 2. The van der Waals surface area contributed by atoms with Gasteiger partial charge in [-0.3, -0.25) is 0 Å². The van der Waals surface area contributed by atoms with Crippen molar-refractivity contribution < 1.29 is 0 Å². The highest BCUT2D eigenvalue weighted by Gasteiger charge is 2.38. The smallest absolute Gasteiger partial charge is 0.00609 e. The van der Waals surface area contributed by atoms with Gasteiger partial charge >= 0.3 is 0 Å². The van der Waals surface area contributed by atoms with Crippen molar-refractivity contribution in [1.29, 1.82) is 0 Å². The quantitative estimate of drug-likeness (QED) is 0.677. The highest BCUT2D eigenvalue weighted by molar-refractivity contribution is 5.35. The van der Waals surface area contributed by atoms with Gasteiger partial charge in [0.15, 0.2) is 0 Å². The van der Waals surface area contributed by atoms with Gasteiger partial charge in [0.1, 0.15) is 0 Å². The third kappa shape index (κ3) is 1.77. The first-order valence-corrected chi connectivity index (χ1v) is 5.76. The Morgan fingerprint density at radius 2 is 2.27 bits per heavy atom. The maximum absolute atomic E-state index is 2.35. The topological polar surface area (TPSA) is 0 Å². The Balaban J connectivity index is 1.80. The predicted molar refractivity (Wildman–Crippen MR) is 63.7 cm³/mol. The average Bonchev–Trinajstić information content (AvgIpc) is 2.97. The standard InChI is InChI=1S/C15H16/c1-11-4-2-5-12(8-11)9-13-6-3-7-14-10-15(13)14/h2-8,14-15H,9-10H2,1H3. The summed E-state index contributed by atoms with van der Waals surface area (Å²) < 4.78 is 0. The molecule has 0 heteroatoms. The molecule has 2 aliphatic carbocycles. The van der Waals surface area contributed by atoms with Crippen molar-refractivity contribution in [3.8, 4) is 0 Å². The van der Waals surface area contributed by atoms with Crippen LogP contribution >= 0.6 is 0 Å². The first kappa shape index (κ1) is 8.96. The number of aryl methyl sites for hydroxylation is 1. The monoisotopic (exact) mass is 196 g/mol. The summed E-state index contributed by atoms with van der Waals surface area (Å²) in [6, 6.07) is 8.87. The van der Waals surface area contributed by atoms with Crippen LogP contribution in [-0.4, -0.2) is 0 Å². The van der Waals surface area contributed by atoms with Gasteiger partial charge in [0.2, 0.25) is 0 Å². The van der Waals surface area contributed by atoms with Crippen LogP contribution in [-0.2, 0) is 6.42 Å². The van der Waals surface area contributed by atoms with E-state index in [4.69, 9.17) is 0 Å². The number of hydrogen-bond donors (Lipinski definition) is 0. The summed E-state index contributed by atoms with van der Waals surface area (Å²) in [5.74, 6) is 1.74. The van der Waals surface area contributed by atoms with Crippen molar-refractivity contribution in [2.24, 2.45) is 11.8 Å². The van der Waals surface area contributed by atoms with E-state index in [2.05, 4.69) is 49.4 Å². The Morgan fingerprint density at radius 1 is 1.33 bits per heavy atom. The summed E-state index contributed by atoms with van der Waals surface area (Å²) >= 11 is 0. The van der Waals surface area contributed by atoms with Crippen LogP contribution in [0.2, 0.25) is 0 Å². The van der Waals surface area contributed by atoms with Crippen LogP contribution in [0.15, 0.2) is 48.1 Å². The largest absolute Gasteiger partial charge is 0.0808 e. The van der Waals surface area contributed by atoms with Crippen molar-refractivity contribution in [3.05, 3.63) is 59.2 Å². The number of hydrogen-bond acceptors (Lipinski definition) is 0. The Morgan fingerprint density at radius 3 is 3.13 bits per heavy atom.